The summed E-state index contributed by atoms with van der Waals surface area (Å²) in [5.41, 5.74) is 3.75. The summed E-state index contributed by atoms with van der Waals surface area (Å²) in [6, 6.07) is 17.4. The highest BCUT2D eigenvalue weighted by molar-refractivity contribution is 5.57. The van der Waals surface area contributed by atoms with E-state index < -0.39 is 0 Å². The molecule has 1 saturated carbocycles. The standard InChI is InChI=1S/C18H21NO/c1-13-7-9-14(10-8-13)18(15-11-12-15)19-16-5-3-4-6-17(16)20-2/h3-10,15,18-19H,11-12H2,1-2H3. The molecule has 0 aliphatic heterocycles. The molecule has 0 radical (unpaired) electrons. The van der Waals surface area contributed by atoms with Crippen LogP contribution in [0.5, 0.6) is 5.75 Å². The van der Waals surface area contributed by atoms with Gasteiger partial charge in [0.2, 0.25) is 0 Å². The quantitative estimate of drug-likeness (QED) is 0.857. The number of ether oxygens (including phenoxy) is 1. The van der Waals surface area contributed by atoms with E-state index in [-0.39, 0.29) is 0 Å². The van der Waals surface area contributed by atoms with E-state index in [1.165, 1.54) is 24.0 Å². The Morgan fingerprint density at radius 2 is 1.75 bits per heavy atom. The highest BCUT2D eigenvalue weighted by Crippen LogP contribution is 2.43. The summed E-state index contributed by atoms with van der Waals surface area (Å²) < 4.78 is 5.44. The van der Waals surface area contributed by atoms with Crippen molar-refractivity contribution in [1.29, 1.82) is 0 Å². The Morgan fingerprint density at radius 3 is 2.40 bits per heavy atom. The molecule has 1 aliphatic carbocycles. The van der Waals surface area contributed by atoms with Crippen LogP contribution in [0, 0.1) is 12.8 Å². The third-order valence-electron chi connectivity index (χ3n) is 3.95. The molecule has 2 aromatic carbocycles. The second kappa shape index (κ2) is 5.58. The Kier molecular flexibility index (Phi) is 3.64. The van der Waals surface area contributed by atoms with Gasteiger partial charge in [-0.3, -0.25) is 0 Å². The maximum atomic E-state index is 5.44. The second-order valence-corrected chi connectivity index (χ2v) is 5.57. The summed E-state index contributed by atoms with van der Waals surface area (Å²) >= 11 is 0. The molecule has 20 heavy (non-hydrogen) atoms. The number of hydrogen-bond acceptors (Lipinski definition) is 2. The normalized spacial score (nSPS) is 15.7. The van der Waals surface area contributed by atoms with Crippen molar-refractivity contribution in [3.8, 4) is 5.75 Å². The molecule has 0 heterocycles. The average Bonchev–Trinajstić information content (AvgIpc) is 3.31. The first-order chi connectivity index (χ1) is 9.78. The summed E-state index contributed by atoms with van der Waals surface area (Å²) in [4.78, 5) is 0. The Balaban J connectivity index is 1.86. The van der Waals surface area contributed by atoms with Crippen LogP contribution in [-0.4, -0.2) is 7.11 Å². The lowest BCUT2D eigenvalue weighted by molar-refractivity contribution is 0.415. The molecule has 2 aromatic rings. The highest BCUT2D eigenvalue weighted by atomic mass is 16.5. The van der Waals surface area contributed by atoms with Gasteiger partial charge in [0.25, 0.3) is 0 Å². The lowest BCUT2D eigenvalue weighted by Crippen LogP contribution is -2.13. The van der Waals surface area contributed by atoms with Gasteiger partial charge in [0.05, 0.1) is 18.8 Å². The monoisotopic (exact) mass is 267 g/mol. The Bertz CT molecular complexity index is 572. The maximum Gasteiger partial charge on any atom is 0.141 e. The molecular weight excluding hydrogens is 246 g/mol. The van der Waals surface area contributed by atoms with Gasteiger partial charge in [0.1, 0.15) is 5.75 Å². The van der Waals surface area contributed by atoms with Crippen LogP contribution in [0.4, 0.5) is 5.69 Å². The van der Waals surface area contributed by atoms with Gasteiger partial charge in [-0.1, -0.05) is 42.0 Å². The molecule has 1 unspecified atom stereocenters. The van der Waals surface area contributed by atoms with E-state index in [1.54, 1.807) is 7.11 Å². The summed E-state index contributed by atoms with van der Waals surface area (Å²) in [6.07, 6.45) is 2.61. The van der Waals surface area contributed by atoms with E-state index in [0.717, 1.165) is 17.4 Å². The van der Waals surface area contributed by atoms with Crippen molar-refractivity contribution in [2.24, 2.45) is 5.92 Å². The fourth-order valence-electron chi connectivity index (χ4n) is 2.61. The van der Waals surface area contributed by atoms with Crippen LogP contribution in [-0.2, 0) is 0 Å². The smallest absolute Gasteiger partial charge is 0.141 e. The molecule has 2 nitrogen and oxygen atoms in total. The fraction of sp³-hybridized carbons (Fsp3) is 0.333. The molecule has 0 bridgehead atoms. The number of nitrogens with one attached hydrogen (secondary N) is 1. The summed E-state index contributed by atoms with van der Waals surface area (Å²) in [5.74, 6) is 1.65. The van der Waals surface area contributed by atoms with Gasteiger partial charge in [0, 0.05) is 0 Å². The SMILES string of the molecule is COc1ccccc1NC(c1ccc(C)cc1)C1CC1. The third kappa shape index (κ3) is 2.79. The predicted octanol–water partition coefficient (Wildman–Crippen LogP) is 4.57. The van der Waals surface area contributed by atoms with E-state index in [2.05, 4.69) is 42.6 Å². The molecule has 1 aliphatic rings. The molecule has 0 aromatic heterocycles. The molecule has 0 spiro atoms. The average molecular weight is 267 g/mol. The lowest BCUT2D eigenvalue weighted by atomic mass is 10.0. The van der Waals surface area contributed by atoms with Crippen molar-refractivity contribution in [3.63, 3.8) is 0 Å². The zero-order valence-electron chi connectivity index (χ0n) is 12.1. The minimum Gasteiger partial charge on any atom is -0.495 e. The van der Waals surface area contributed by atoms with Crippen LogP contribution >= 0.6 is 0 Å². The minimum absolute atomic E-state index is 0.381. The zero-order valence-corrected chi connectivity index (χ0v) is 12.1. The number of anilines is 1. The topological polar surface area (TPSA) is 21.3 Å². The second-order valence-electron chi connectivity index (χ2n) is 5.57. The van der Waals surface area contributed by atoms with Gasteiger partial charge in [-0.2, -0.15) is 0 Å². The summed E-state index contributed by atoms with van der Waals surface area (Å²) in [6.45, 7) is 2.13. The molecular formula is C18H21NO. The van der Waals surface area contributed by atoms with Gasteiger partial charge in [-0.15, -0.1) is 0 Å². The number of rotatable bonds is 5. The van der Waals surface area contributed by atoms with Crippen molar-refractivity contribution in [3.05, 3.63) is 59.7 Å². The number of benzene rings is 2. The van der Waals surface area contributed by atoms with Gasteiger partial charge < -0.3 is 10.1 Å². The van der Waals surface area contributed by atoms with Gasteiger partial charge in [0.15, 0.2) is 0 Å². The highest BCUT2D eigenvalue weighted by Gasteiger charge is 2.32. The van der Waals surface area contributed by atoms with Crippen molar-refractivity contribution >= 4 is 5.69 Å². The number of para-hydroxylation sites is 2. The first-order valence-electron chi connectivity index (χ1n) is 7.24. The first kappa shape index (κ1) is 13.0. The van der Waals surface area contributed by atoms with E-state index >= 15 is 0 Å². The van der Waals surface area contributed by atoms with Gasteiger partial charge >= 0.3 is 0 Å². The van der Waals surface area contributed by atoms with Gasteiger partial charge in [-0.05, 0) is 43.4 Å². The number of hydrogen-bond donors (Lipinski definition) is 1. The fourth-order valence-corrected chi connectivity index (χ4v) is 2.61. The van der Waals surface area contributed by atoms with E-state index in [0.29, 0.717) is 6.04 Å². The molecule has 1 fully saturated rings. The zero-order chi connectivity index (χ0) is 13.9. The van der Waals surface area contributed by atoms with Crippen LogP contribution in [0.25, 0.3) is 0 Å². The number of methoxy groups -OCH3 is 1. The maximum absolute atomic E-state index is 5.44. The summed E-state index contributed by atoms with van der Waals surface area (Å²) in [5, 5.41) is 3.67. The predicted molar refractivity (Wildman–Crippen MR) is 83.3 cm³/mol. The van der Waals surface area contributed by atoms with Gasteiger partial charge in [-0.25, -0.2) is 0 Å². The van der Waals surface area contributed by atoms with E-state index in [9.17, 15) is 0 Å². The van der Waals surface area contributed by atoms with E-state index in [1.807, 2.05) is 18.2 Å². The largest absolute Gasteiger partial charge is 0.495 e. The van der Waals surface area contributed by atoms with E-state index in [4.69, 9.17) is 4.74 Å². The van der Waals surface area contributed by atoms with Crippen LogP contribution in [0.1, 0.15) is 30.0 Å². The molecule has 3 rings (SSSR count). The number of aryl methyl sites for hydroxylation is 1. The van der Waals surface area contributed by atoms with Crippen LogP contribution in [0.2, 0.25) is 0 Å². The van der Waals surface area contributed by atoms with Crippen molar-refractivity contribution in [2.75, 3.05) is 12.4 Å². The molecule has 1 atom stereocenters. The Morgan fingerprint density at radius 1 is 1.05 bits per heavy atom. The minimum atomic E-state index is 0.381. The molecule has 1 N–H and O–H groups in total. The lowest BCUT2D eigenvalue weighted by Gasteiger charge is -2.21. The van der Waals surface area contributed by atoms with Crippen molar-refractivity contribution < 1.29 is 4.74 Å². The molecule has 2 heteroatoms. The third-order valence-corrected chi connectivity index (χ3v) is 3.95. The summed E-state index contributed by atoms with van der Waals surface area (Å²) in [7, 11) is 1.72. The molecule has 0 amide bonds. The molecule has 0 saturated heterocycles. The van der Waals surface area contributed by atoms with Crippen LogP contribution < -0.4 is 10.1 Å². The first-order valence-corrected chi connectivity index (χ1v) is 7.24. The van der Waals surface area contributed by atoms with Crippen molar-refractivity contribution in [2.45, 2.75) is 25.8 Å². The molecule has 104 valence electrons. The van der Waals surface area contributed by atoms with Crippen LogP contribution in [0.3, 0.4) is 0 Å². The Hall–Kier alpha value is -1.96. The van der Waals surface area contributed by atoms with Crippen molar-refractivity contribution in [1.82, 2.24) is 0 Å². The van der Waals surface area contributed by atoms with Crippen LogP contribution in [0.15, 0.2) is 48.5 Å². The Labute approximate surface area is 120 Å².